The van der Waals surface area contributed by atoms with Crippen molar-refractivity contribution in [2.45, 2.75) is 46.1 Å². The van der Waals surface area contributed by atoms with Crippen LogP contribution in [0.15, 0.2) is 18.2 Å². The molecule has 0 spiro atoms. The van der Waals surface area contributed by atoms with Crippen molar-refractivity contribution < 1.29 is 19.4 Å². The fraction of sp³-hybridized carbons (Fsp3) is 0.632. The fourth-order valence-electron chi connectivity index (χ4n) is 3.02. The van der Waals surface area contributed by atoms with Crippen LogP contribution in [0, 0.1) is 5.92 Å². The molecule has 24 heavy (non-hydrogen) atoms. The maximum Gasteiger partial charge on any atom is 0.307 e. The first-order chi connectivity index (χ1) is 11.6. The predicted molar refractivity (Wildman–Crippen MR) is 93.7 cm³/mol. The van der Waals surface area contributed by atoms with E-state index in [1.54, 1.807) is 0 Å². The van der Waals surface area contributed by atoms with E-state index in [1.807, 2.05) is 25.1 Å². The van der Waals surface area contributed by atoms with E-state index in [9.17, 15) is 9.90 Å². The average Bonchev–Trinajstić information content (AvgIpc) is 2.57. The molecular weight excluding hydrogens is 306 g/mol. The van der Waals surface area contributed by atoms with Gasteiger partial charge in [0.05, 0.1) is 19.1 Å². The molecule has 0 aliphatic carbocycles. The minimum Gasteiger partial charge on any atom is -0.490 e. The summed E-state index contributed by atoms with van der Waals surface area (Å²) in [5, 5.41) is 9.21. The van der Waals surface area contributed by atoms with Gasteiger partial charge in [-0.25, -0.2) is 0 Å². The number of likely N-dealkylation sites (tertiary alicyclic amines) is 1. The van der Waals surface area contributed by atoms with Crippen LogP contribution in [0.5, 0.6) is 11.5 Å². The molecule has 1 heterocycles. The van der Waals surface area contributed by atoms with Crippen molar-refractivity contribution in [3.63, 3.8) is 0 Å². The van der Waals surface area contributed by atoms with E-state index in [2.05, 4.69) is 11.8 Å². The van der Waals surface area contributed by atoms with Gasteiger partial charge in [-0.15, -0.1) is 0 Å². The summed E-state index contributed by atoms with van der Waals surface area (Å²) in [4.78, 5) is 13.4. The zero-order valence-corrected chi connectivity index (χ0v) is 14.8. The highest BCUT2D eigenvalue weighted by molar-refractivity contribution is 5.70. The number of benzene rings is 1. The second-order valence-electron chi connectivity index (χ2n) is 6.33. The Morgan fingerprint density at radius 3 is 2.83 bits per heavy atom. The summed E-state index contributed by atoms with van der Waals surface area (Å²) in [6.07, 6.45) is 3.84. The minimum atomic E-state index is -0.686. The van der Waals surface area contributed by atoms with E-state index < -0.39 is 5.97 Å². The van der Waals surface area contributed by atoms with E-state index >= 15 is 0 Å². The molecule has 0 bridgehead atoms. The summed E-state index contributed by atoms with van der Waals surface area (Å²) in [6, 6.07) is 6.04. The predicted octanol–water partition coefficient (Wildman–Crippen LogP) is 3.56. The number of carboxylic acid groups (broad SMARTS) is 1. The third kappa shape index (κ3) is 5.41. The Morgan fingerprint density at radius 1 is 1.29 bits per heavy atom. The first-order valence-electron chi connectivity index (χ1n) is 8.97. The number of unbranched alkanes of at least 4 members (excludes halogenated alkanes) is 1. The van der Waals surface area contributed by atoms with E-state index in [0.29, 0.717) is 19.8 Å². The number of ether oxygens (including phenoxy) is 2. The van der Waals surface area contributed by atoms with Gasteiger partial charge in [0.15, 0.2) is 11.5 Å². The number of carboxylic acids is 1. The second-order valence-corrected chi connectivity index (χ2v) is 6.33. The van der Waals surface area contributed by atoms with Crippen molar-refractivity contribution in [1.29, 1.82) is 0 Å². The van der Waals surface area contributed by atoms with Crippen LogP contribution in [0.3, 0.4) is 0 Å². The summed E-state index contributed by atoms with van der Waals surface area (Å²) in [7, 11) is 0. The fourth-order valence-corrected chi connectivity index (χ4v) is 3.02. The molecule has 1 aromatic carbocycles. The number of nitrogens with zero attached hydrogens (tertiary/aromatic N) is 1. The maximum absolute atomic E-state index is 11.2. The Bertz CT molecular complexity index is 532. The second kappa shape index (κ2) is 9.52. The normalized spacial score (nSPS) is 18.3. The highest BCUT2D eigenvalue weighted by atomic mass is 16.5. The van der Waals surface area contributed by atoms with Crippen molar-refractivity contribution in [1.82, 2.24) is 4.90 Å². The largest absolute Gasteiger partial charge is 0.490 e. The molecule has 0 radical (unpaired) electrons. The molecule has 1 aliphatic heterocycles. The number of hydrogen-bond acceptors (Lipinski definition) is 4. The zero-order chi connectivity index (χ0) is 17.4. The van der Waals surface area contributed by atoms with Crippen molar-refractivity contribution in [3.05, 3.63) is 23.8 Å². The lowest BCUT2D eigenvalue weighted by Crippen LogP contribution is -2.38. The lowest BCUT2D eigenvalue weighted by molar-refractivity contribution is -0.143. The molecular formula is C19H29NO4. The van der Waals surface area contributed by atoms with Crippen molar-refractivity contribution in [2.75, 3.05) is 26.3 Å². The van der Waals surface area contributed by atoms with Crippen molar-refractivity contribution in [3.8, 4) is 11.5 Å². The van der Waals surface area contributed by atoms with Gasteiger partial charge in [-0.05, 0) is 50.4 Å². The molecule has 0 aromatic heterocycles. The molecule has 1 unspecified atom stereocenters. The summed E-state index contributed by atoms with van der Waals surface area (Å²) in [5.74, 6) is 0.630. The third-order valence-electron chi connectivity index (χ3n) is 4.32. The average molecular weight is 335 g/mol. The molecule has 1 fully saturated rings. The Balaban J connectivity index is 2.01. The lowest BCUT2D eigenvalue weighted by Gasteiger charge is -2.30. The Morgan fingerprint density at radius 2 is 2.12 bits per heavy atom. The monoisotopic (exact) mass is 335 g/mol. The molecule has 5 heteroatoms. The van der Waals surface area contributed by atoms with Crippen LogP contribution in [-0.4, -0.2) is 42.3 Å². The van der Waals surface area contributed by atoms with Crippen LogP contribution >= 0.6 is 0 Å². The summed E-state index contributed by atoms with van der Waals surface area (Å²) in [6.45, 7) is 7.71. The van der Waals surface area contributed by atoms with Gasteiger partial charge in [0.25, 0.3) is 0 Å². The highest BCUT2D eigenvalue weighted by Crippen LogP contribution is 2.30. The number of carbonyl (C=O) groups is 1. The molecule has 1 aliphatic rings. The SMILES string of the molecule is CCCCOc1ccc(CN2CCCC(C(=O)O)C2)cc1OCC. The Kier molecular flexibility index (Phi) is 7.37. The number of rotatable bonds is 9. The van der Waals surface area contributed by atoms with Gasteiger partial charge in [0.2, 0.25) is 0 Å². The van der Waals surface area contributed by atoms with Gasteiger partial charge < -0.3 is 14.6 Å². The van der Waals surface area contributed by atoms with E-state index in [0.717, 1.165) is 55.8 Å². The molecule has 1 aromatic rings. The van der Waals surface area contributed by atoms with E-state index in [1.165, 1.54) is 0 Å². The molecule has 134 valence electrons. The van der Waals surface area contributed by atoms with Crippen LogP contribution in [0.2, 0.25) is 0 Å². The first kappa shape index (κ1) is 18.6. The summed E-state index contributed by atoms with van der Waals surface area (Å²) < 4.78 is 11.5. The highest BCUT2D eigenvalue weighted by Gasteiger charge is 2.25. The molecule has 1 atom stereocenters. The number of hydrogen-bond donors (Lipinski definition) is 1. The van der Waals surface area contributed by atoms with Crippen LogP contribution in [-0.2, 0) is 11.3 Å². The van der Waals surface area contributed by atoms with Gasteiger partial charge in [-0.3, -0.25) is 9.69 Å². The molecule has 2 rings (SSSR count). The molecule has 0 saturated carbocycles. The lowest BCUT2D eigenvalue weighted by atomic mass is 9.98. The van der Waals surface area contributed by atoms with Crippen LogP contribution in [0.1, 0.15) is 45.1 Å². The van der Waals surface area contributed by atoms with Crippen LogP contribution < -0.4 is 9.47 Å². The molecule has 1 saturated heterocycles. The van der Waals surface area contributed by atoms with Gasteiger partial charge in [-0.1, -0.05) is 19.4 Å². The van der Waals surface area contributed by atoms with E-state index in [-0.39, 0.29) is 5.92 Å². The van der Waals surface area contributed by atoms with Crippen molar-refractivity contribution >= 4 is 5.97 Å². The number of piperidine rings is 1. The Hall–Kier alpha value is -1.75. The van der Waals surface area contributed by atoms with E-state index in [4.69, 9.17) is 9.47 Å². The van der Waals surface area contributed by atoms with Gasteiger partial charge in [0.1, 0.15) is 0 Å². The summed E-state index contributed by atoms with van der Waals surface area (Å²) >= 11 is 0. The minimum absolute atomic E-state index is 0.248. The number of aliphatic carboxylic acids is 1. The molecule has 0 amide bonds. The molecule has 1 N–H and O–H groups in total. The Labute approximate surface area is 144 Å². The van der Waals surface area contributed by atoms with Gasteiger partial charge in [0, 0.05) is 13.1 Å². The third-order valence-corrected chi connectivity index (χ3v) is 4.32. The molecule has 5 nitrogen and oxygen atoms in total. The zero-order valence-electron chi connectivity index (χ0n) is 14.8. The van der Waals surface area contributed by atoms with Crippen molar-refractivity contribution in [2.24, 2.45) is 5.92 Å². The summed E-state index contributed by atoms with van der Waals surface area (Å²) in [5.41, 5.74) is 1.13. The van der Waals surface area contributed by atoms with Crippen LogP contribution in [0.25, 0.3) is 0 Å². The first-order valence-corrected chi connectivity index (χ1v) is 8.97. The van der Waals surface area contributed by atoms with Gasteiger partial charge >= 0.3 is 5.97 Å². The topological polar surface area (TPSA) is 59.0 Å². The smallest absolute Gasteiger partial charge is 0.307 e. The standard InChI is InChI=1S/C19H29NO4/c1-3-5-11-24-17-9-8-15(12-18(17)23-4-2)13-20-10-6-7-16(14-20)19(21)22/h8-9,12,16H,3-7,10-11,13-14H2,1-2H3,(H,21,22). The maximum atomic E-state index is 11.2. The van der Waals surface area contributed by atoms with Crippen LogP contribution in [0.4, 0.5) is 0 Å². The quantitative estimate of drug-likeness (QED) is 0.699. The van der Waals surface area contributed by atoms with Gasteiger partial charge in [-0.2, -0.15) is 0 Å².